The first-order valence-electron chi connectivity index (χ1n) is 14.0. The van der Waals surface area contributed by atoms with Gasteiger partial charge in [0.1, 0.15) is 0 Å². The van der Waals surface area contributed by atoms with E-state index in [9.17, 15) is 0 Å². The summed E-state index contributed by atoms with van der Waals surface area (Å²) in [6, 6.07) is 43.3. The number of rotatable bonds is 3. The molecule has 2 aliphatic heterocycles. The molecule has 0 spiro atoms. The summed E-state index contributed by atoms with van der Waals surface area (Å²) in [4.78, 5) is 14.5. The molecule has 0 bridgehead atoms. The average molecular weight is 529 g/mol. The zero-order chi connectivity index (χ0) is 27.6. The predicted molar refractivity (Wildman–Crippen MR) is 168 cm³/mol. The molecule has 0 amide bonds. The van der Waals surface area contributed by atoms with Crippen molar-refractivity contribution in [3.8, 4) is 22.3 Å². The second kappa shape index (κ2) is 8.90. The van der Waals surface area contributed by atoms with Crippen LogP contribution in [0.4, 0.5) is 34.4 Å². The van der Waals surface area contributed by atoms with Crippen molar-refractivity contribution in [3.63, 3.8) is 0 Å². The van der Waals surface area contributed by atoms with E-state index in [1.165, 1.54) is 22.3 Å². The minimum absolute atomic E-state index is 0.176. The van der Waals surface area contributed by atoms with Crippen LogP contribution < -0.4 is 9.80 Å². The summed E-state index contributed by atoms with van der Waals surface area (Å²) in [5, 5.41) is 0. The second-order valence-electron chi connectivity index (χ2n) is 11.2. The first-order chi connectivity index (χ1) is 20.1. The molecule has 0 fully saturated rings. The third-order valence-electron chi connectivity index (χ3n) is 8.45. The molecule has 3 heterocycles. The Morgan fingerprint density at radius 1 is 0.488 bits per heavy atom. The minimum atomic E-state index is -0.176. The fraction of sp³-hybridized carbons (Fsp3) is 0.0811. The first-order valence-corrected chi connectivity index (χ1v) is 14.0. The van der Waals surface area contributed by atoms with Crippen molar-refractivity contribution in [2.75, 3.05) is 9.80 Å². The van der Waals surface area contributed by atoms with Crippen LogP contribution >= 0.6 is 0 Å². The molecule has 0 unspecified atom stereocenters. The SMILES string of the molecule is CC1(C)c2ccccc2N2c3nccnc3N(c3cc(-c4ccccc4)cc(-c4ccccc4)c3)c3cccc1c32. The Balaban J connectivity index is 1.43. The number of hydrogen-bond acceptors (Lipinski definition) is 4. The summed E-state index contributed by atoms with van der Waals surface area (Å²) in [7, 11) is 0. The van der Waals surface area contributed by atoms with Gasteiger partial charge in [-0.3, -0.25) is 9.80 Å². The number of anilines is 6. The minimum Gasteiger partial charge on any atom is -0.290 e. The molecular weight excluding hydrogens is 500 g/mol. The lowest BCUT2D eigenvalue weighted by molar-refractivity contribution is 0.630. The van der Waals surface area contributed by atoms with E-state index in [4.69, 9.17) is 9.97 Å². The molecule has 0 saturated carbocycles. The second-order valence-corrected chi connectivity index (χ2v) is 11.2. The summed E-state index contributed by atoms with van der Waals surface area (Å²) in [5.74, 6) is 1.65. The summed E-state index contributed by atoms with van der Waals surface area (Å²) in [6.45, 7) is 4.64. The Morgan fingerprint density at radius 2 is 1.02 bits per heavy atom. The lowest BCUT2D eigenvalue weighted by atomic mass is 9.73. The first kappa shape index (κ1) is 23.6. The third-order valence-corrected chi connectivity index (χ3v) is 8.45. The highest BCUT2D eigenvalue weighted by atomic mass is 15.3. The van der Waals surface area contributed by atoms with Crippen LogP contribution in [0.2, 0.25) is 0 Å². The summed E-state index contributed by atoms with van der Waals surface area (Å²) in [6.07, 6.45) is 3.59. The molecule has 4 nitrogen and oxygen atoms in total. The Labute approximate surface area is 240 Å². The van der Waals surface area contributed by atoms with Crippen molar-refractivity contribution in [1.29, 1.82) is 0 Å². The van der Waals surface area contributed by atoms with E-state index < -0.39 is 0 Å². The molecule has 0 radical (unpaired) electrons. The zero-order valence-electron chi connectivity index (χ0n) is 23.0. The molecule has 0 saturated heterocycles. The predicted octanol–water partition coefficient (Wildman–Crippen LogP) is 9.70. The normalized spacial score (nSPS) is 14.2. The summed E-state index contributed by atoms with van der Waals surface area (Å²) >= 11 is 0. The van der Waals surface area contributed by atoms with E-state index in [2.05, 4.69) is 145 Å². The van der Waals surface area contributed by atoms with Crippen LogP contribution in [0.5, 0.6) is 0 Å². The maximum absolute atomic E-state index is 4.96. The zero-order valence-corrected chi connectivity index (χ0v) is 23.0. The van der Waals surface area contributed by atoms with Gasteiger partial charge in [-0.1, -0.05) is 105 Å². The number of nitrogens with zero attached hydrogens (tertiary/aromatic N) is 4. The molecule has 0 N–H and O–H groups in total. The standard InChI is InChI=1S/C37H28N4/c1-37(2)30-16-9-10-18-32(30)41-34-31(37)17-11-19-33(34)40(35-36(41)39-21-20-38-35)29-23-27(25-12-5-3-6-13-25)22-28(24-29)26-14-7-4-8-15-26/h3-24H,1-2H3. The van der Waals surface area contributed by atoms with Gasteiger partial charge in [-0.15, -0.1) is 0 Å². The maximum Gasteiger partial charge on any atom is 0.181 e. The molecule has 0 aliphatic carbocycles. The van der Waals surface area contributed by atoms with Crippen LogP contribution in [0, 0.1) is 0 Å². The smallest absolute Gasteiger partial charge is 0.181 e. The van der Waals surface area contributed by atoms with Gasteiger partial charge < -0.3 is 0 Å². The van der Waals surface area contributed by atoms with E-state index in [0.29, 0.717) is 0 Å². The lowest BCUT2D eigenvalue weighted by Crippen LogP contribution is -2.35. The van der Waals surface area contributed by atoms with Gasteiger partial charge in [0.2, 0.25) is 0 Å². The van der Waals surface area contributed by atoms with E-state index in [-0.39, 0.29) is 5.41 Å². The van der Waals surface area contributed by atoms with Gasteiger partial charge in [0.15, 0.2) is 11.6 Å². The van der Waals surface area contributed by atoms with E-state index in [1.54, 1.807) is 12.4 Å². The summed E-state index contributed by atoms with van der Waals surface area (Å²) in [5.41, 5.74) is 11.5. The topological polar surface area (TPSA) is 32.3 Å². The van der Waals surface area contributed by atoms with Crippen molar-refractivity contribution >= 4 is 34.4 Å². The lowest BCUT2D eigenvalue weighted by Gasteiger charge is -2.46. The molecule has 1 aromatic heterocycles. The molecular formula is C37H28N4. The molecule has 8 rings (SSSR count). The van der Waals surface area contributed by atoms with Gasteiger partial charge >= 0.3 is 0 Å². The molecule has 6 aromatic rings. The quantitative estimate of drug-likeness (QED) is 0.228. The highest BCUT2D eigenvalue weighted by molar-refractivity contribution is 6.03. The largest absolute Gasteiger partial charge is 0.290 e. The van der Waals surface area contributed by atoms with Crippen LogP contribution in [0.15, 0.2) is 134 Å². The van der Waals surface area contributed by atoms with Crippen molar-refractivity contribution in [1.82, 2.24) is 9.97 Å². The van der Waals surface area contributed by atoms with Gasteiger partial charge in [0.05, 0.1) is 17.1 Å². The van der Waals surface area contributed by atoms with Gasteiger partial charge in [-0.2, -0.15) is 0 Å². The van der Waals surface area contributed by atoms with Crippen molar-refractivity contribution in [3.05, 3.63) is 145 Å². The van der Waals surface area contributed by atoms with Gasteiger partial charge in [0.25, 0.3) is 0 Å². The highest BCUT2D eigenvalue weighted by Crippen LogP contribution is 2.60. The number of aromatic nitrogens is 2. The monoisotopic (exact) mass is 528 g/mol. The van der Waals surface area contributed by atoms with Gasteiger partial charge in [0, 0.05) is 23.5 Å². The number of fused-ring (bicyclic) bond motifs is 4. The molecule has 4 heteroatoms. The van der Waals surface area contributed by atoms with Crippen molar-refractivity contribution in [2.45, 2.75) is 19.3 Å². The maximum atomic E-state index is 4.96. The Hall–Kier alpha value is -5.22. The molecule has 41 heavy (non-hydrogen) atoms. The molecule has 2 aliphatic rings. The van der Waals surface area contributed by atoms with Crippen molar-refractivity contribution < 1.29 is 0 Å². The van der Waals surface area contributed by atoms with Crippen LogP contribution in [0.3, 0.4) is 0 Å². The Kier molecular flexibility index (Phi) is 5.13. The number of benzene rings is 5. The van der Waals surface area contributed by atoms with E-state index in [0.717, 1.165) is 45.5 Å². The van der Waals surface area contributed by atoms with Crippen LogP contribution in [-0.4, -0.2) is 9.97 Å². The highest BCUT2D eigenvalue weighted by Gasteiger charge is 2.43. The number of para-hydroxylation sites is 2. The Bertz CT molecular complexity index is 1870. The van der Waals surface area contributed by atoms with Gasteiger partial charge in [-0.25, -0.2) is 9.97 Å². The van der Waals surface area contributed by atoms with Crippen LogP contribution in [0.25, 0.3) is 22.3 Å². The fourth-order valence-electron chi connectivity index (χ4n) is 6.48. The van der Waals surface area contributed by atoms with E-state index >= 15 is 0 Å². The fourth-order valence-corrected chi connectivity index (χ4v) is 6.48. The van der Waals surface area contributed by atoms with Crippen LogP contribution in [0.1, 0.15) is 25.0 Å². The average Bonchev–Trinajstić information content (AvgIpc) is 3.03. The third kappa shape index (κ3) is 3.54. The van der Waals surface area contributed by atoms with E-state index in [1.807, 2.05) is 0 Å². The molecule has 0 atom stereocenters. The Morgan fingerprint density at radius 3 is 1.68 bits per heavy atom. The molecule has 196 valence electrons. The van der Waals surface area contributed by atoms with Crippen molar-refractivity contribution in [2.24, 2.45) is 0 Å². The molecule has 5 aromatic carbocycles. The summed E-state index contributed by atoms with van der Waals surface area (Å²) < 4.78 is 0. The van der Waals surface area contributed by atoms with Crippen LogP contribution in [-0.2, 0) is 5.41 Å². The van der Waals surface area contributed by atoms with Gasteiger partial charge in [-0.05, 0) is 63.7 Å². The number of hydrogen-bond donors (Lipinski definition) is 0.